The van der Waals surface area contributed by atoms with E-state index in [9.17, 15) is 19.0 Å². The molecule has 12 heteroatoms. The first-order chi connectivity index (χ1) is 16.9. The number of hydrogen-bond donors (Lipinski definition) is 3. The topological polar surface area (TPSA) is 136 Å². The van der Waals surface area contributed by atoms with Gasteiger partial charge in [-0.15, -0.1) is 0 Å². The van der Waals surface area contributed by atoms with E-state index in [-0.39, 0.29) is 37.0 Å². The fourth-order valence-electron chi connectivity index (χ4n) is 3.36. The van der Waals surface area contributed by atoms with Crippen molar-refractivity contribution >= 4 is 47.4 Å². The number of nitrogens with zero attached hydrogens (tertiary/aromatic N) is 2. The largest absolute Gasteiger partial charge is 0.472 e. The molecule has 4 rings (SSSR count). The van der Waals surface area contributed by atoms with E-state index in [1.54, 1.807) is 12.1 Å². The third-order valence-corrected chi connectivity index (χ3v) is 6.80. The van der Waals surface area contributed by atoms with Crippen molar-refractivity contribution in [3.8, 4) is 5.69 Å². The molecule has 1 unspecified atom stereocenters. The Morgan fingerprint density at radius 1 is 1.20 bits per heavy atom. The molecule has 10 nitrogen and oxygen atoms in total. The average molecular weight is 515 g/mol. The number of aromatic nitrogens is 3. The molecule has 0 fully saturated rings. The Kier molecular flexibility index (Phi) is 8.04. The van der Waals surface area contributed by atoms with Gasteiger partial charge < -0.3 is 15.2 Å². The molecule has 0 aliphatic rings. The third kappa shape index (κ3) is 6.01. The van der Waals surface area contributed by atoms with Crippen molar-refractivity contribution in [2.45, 2.75) is 5.16 Å². The van der Waals surface area contributed by atoms with Gasteiger partial charge in [0.25, 0.3) is 5.56 Å². The number of nitrogens with one attached hydrogen (secondary N) is 2. The number of carbonyl (C=O) groups excluding carboxylic acids is 1. The molecule has 2 radical (unpaired) electrons. The van der Waals surface area contributed by atoms with E-state index in [4.69, 9.17) is 9.51 Å². The lowest BCUT2D eigenvalue weighted by molar-refractivity contribution is -0.118. The Balaban J connectivity index is 1.51. The third-order valence-electron chi connectivity index (χ3n) is 4.88. The highest BCUT2D eigenvalue weighted by Crippen LogP contribution is 2.42. The van der Waals surface area contributed by atoms with Gasteiger partial charge in [-0.3, -0.25) is 23.2 Å². The monoisotopic (exact) mass is 514 g/mol. The lowest BCUT2D eigenvalue weighted by Gasteiger charge is -2.13. The second kappa shape index (κ2) is 11.2. The van der Waals surface area contributed by atoms with Gasteiger partial charge >= 0.3 is 7.82 Å². The van der Waals surface area contributed by atoms with Gasteiger partial charge in [0, 0.05) is 17.4 Å². The van der Waals surface area contributed by atoms with Crippen LogP contribution in [0, 0.1) is 13.3 Å². The fraction of sp³-hybridized carbons (Fsp3) is 0.174. The standard InChI is InChI=1S/C23H23N4O6PS/c1-2-13-32-34(30,31)33-14-12-24-19(28)15-35-23-26-20-17-10-6-7-11-18(17)25-21(20)22(29)27(23)16-8-4-3-5-9-16/h2-11,25H,1,12-15H2,(H,24,28)(H,30,31). The van der Waals surface area contributed by atoms with Crippen LogP contribution in [-0.4, -0.2) is 50.8 Å². The number of amides is 1. The second-order valence-corrected chi connectivity index (χ2v) is 9.69. The van der Waals surface area contributed by atoms with Gasteiger partial charge in [0.1, 0.15) is 11.0 Å². The number of para-hydroxylation sites is 2. The normalized spacial score (nSPS) is 13.2. The summed E-state index contributed by atoms with van der Waals surface area (Å²) in [7, 11) is -4.19. The van der Waals surface area contributed by atoms with E-state index in [0.29, 0.717) is 21.9 Å². The maximum Gasteiger partial charge on any atom is 0.472 e. The number of fused-ring (bicyclic) bond motifs is 3. The fourth-order valence-corrected chi connectivity index (χ4v) is 4.89. The molecular weight excluding hydrogens is 491 g/mol. The van der Waals surface area contributed by atoms with E-state index in [0.717, 1.165) is 22.7 Å². The van der Waals surface area contributed by atoms with Crippen molar-refractivity contribution < 1.29 is 23.3 Å². The smallest absolute Gasteiger partial charge is 0.353 e. The van der Waals surface area contributed by atoms with E-state index in [1.165, 1.54) is 11.0 Å². The van der Waals surface area contributed by atoms with E-state index in [2.05, 4.69) is 21.7 Å². The van der Waals surface area contributed by atoms with Crippen LogP contribution in [0.3, 0.4) is 0 Å². The molecule has 1 amide bonds. The molecule has 2 heterocycles. The number of H-pyrrole nitrogens is 1. The van der Waals surface area contributed by atoms with Crippen LogP contribution in [0.25, 0.3) is 27.6 Å². The highest BCUT2D eigenvalue weighted by Gasteiger charge is 2.20. The number of benzene rings is 2. The van der Waals surface area contributed by atoms with Crippen LogP contribution in [-0.2, 0) is 18.4 Å². The van der Waals surface area contributed by atoms with Gasteiger partial charge in [-0.2, -0.15) is 0 Å². The highest BCUT2D eigenvalue weighted by molar-refractivity contribution is 7.99. The summed E-state index contributed by atoms with van der Waals surface area (Å²) in [4.78, 5) is 43.2. The summed E-state index contributed by atoms with van der Waals surface area (Å²) in [6.45, 7) is 3.05. The summed E-state index contributed by atoms with van der Waals surface area (Å²) in [5, 5.41) is 3.78. The lowest BCUT2D eigenvalue weighted by atomic mass is 10.2. The maximum absolute atomic E-state index is 13.4. The zero-order valence-corrected chi connectivity index (χ0v) is 20.3. The number of thioether (sulfide) groups is 1. The molecular formula is C23H23N4O6PS. The summed E-state index contributed by atoms with van der Waals surface area (Å²) < 4.78 is 22.5. The summed E-state index contributed by atoms with van der Waals surface area (Å²) >= 11 is 1.11. The summed E-state index contributed by atoms with van der Waals surface area (Å²) in [5.74, 6) is -0.386. The first kappa shape index (κ1) is 25.2. The Bertz CT molecular complexity index is 1440. The molecule has 35 heavy (non-hydrogen) atoms. The predicted molar refractivity (Wildman–Crippen MR) is 134 cm³/mol. The van der Waals surface area contributed by atoms with Crippen molar-refractivity contribution in [3.63, 3.8) is 0 Å². The maximum atomic E-state index is 13.4. The Morgan fingerprint density at radius 2 is 1.94 bits per heavy atom. The zero-order valence-electron chi connectivity index (χ0n) is 18.5. The van der Waals surface area contributed by atoms with Gasteiger partial charge in [-0.1, -0.05) is 48.2 Å². The zero-order chi connectivity index (χ0) is 24.8. The van der Waals surface area contributed by atoms with E-state index >= 15 is 0 Å². The van der Waals surface area contributed by atoms with Gasteiger partial charge in [0.15, 0.2) is 5.16 Å². The van der Waals surface area contributed by atoms with Crippen LogP contribution in [0.5, 0.6) is 0 Å². The van der Waals surface area contributed by atoms with Crippen LogP contribution in [0.1, 0.15) is 0 Å². The average Bonchev–Trinajstić information content (AvgIpc) is 3.24. The summed E-state index contributed by atoms with van der Waals surface area (Å²) in [6, 6.07) is 16.6. The molecule has 2 aromatic heterocycles. The molecule has 0 aliphatic carbocycles. The SMILES string of the molecule is [CH2][CH]COP(=O)(O)OCCNC(=O)CSc1nc2c([nH]c3ccccc32)c(=O)n1-c1ccccc1. The number of carbonyl (C=O) groups is 1. The number of hydrogen-bond acceptors (Lipinski definition) is 7. The number of aromatic amines is 1. The van der Waals surface area contributed by atoms with E-state index < -0.39 is 7.82 Å². The number of phosphoric acid groups is 1. The van der Waals surface area contributed by atoms with Crippen LogP contribution >= 0.6 is 19.6 Å². The van der Waals surface area contributed by atoms with Crippen LogP contribution in [0.2, 0.25) is 0 Å². The molecule has 0 bridgehead atoms. The number of phosphoric ester groups is 1. The van der Waals surface area contributed by atoms with Crippen LogP contribution in [0.15, 0.2) is 64.5 Å². The van der Waals surface area contributed by atoms with Crippen molar-refractivity contribution in [1.29, 1.82) is 0 Å². The molecule has 1 atom stereocenters. The van der Waals surface area contributed by atoms with Gasteiger partial charge in [0.05, 0.1) is 24.7 Å². The summed E-state index contributed by atoms with van der Waals surface area (Å²) in [6.07, 6.45) is 1.32. The first-order valence-corrected chi connectivity index (χ1v) is 13.1. The van der Waals surface area contributed by atoms with Crippen molar-refractivity contribution in [1.82, 2.24) is 19.9 Å². The molecule has 3 N–H and O–H groups in total. The van der Waals surface area contributed by atoms with Gasteiger partial charge in [-0.05, 0) is 31.5 Å². The first-order valence-electron chi connectivity index (χ1n) is 10.6. The minimum atomic E-state index is -4.19. The number of rotatable bonds is 11. The second-order valence-electron chi connectivity index (χ2n) is 7.29. The van der Waals surface area contributed by atoms with Gasteiger partial charge in [-0.25, -0.2) is 9.55 Å². The van der Waals surface area contributed by atoms with Crippen molar-refractivity contribution in [3.05, 3.63) is 78.3 Å². The van der Waals surface area contributed by atoms with E-state index in [1.807, 2.05) is 42.5 Å². The van der Waals surface area contributed by atoms with Crippen LogP contribution < -0.4 is 10.9 Å². The van der Waals surface area contributed by atoms with Crippen molar-refractivity contribution in [2.24, 2.45) is 0 Å². The minimum Gasteiger partial charge on any atom is -0.353 e. The molecule has 0 spiro atoms. The Morgan fingerprint density at radius 3 is 2.71 bits per heavy atom. The molecule has 4 aromatic rings. The minimum absolute atomic E-state index is 0.00178. The van der Waals surface area contributed by atoms with Crippen molar-refractivity contribution in [2.75, 3.05) is 25.5 Å². The highest BCUT2D eigenvalue weighted by atomic mass is 32.2. The predicted octanol–water partition coefficient (Wildman–Crippen LogP) is 3.25. The van der Waals surface area contributed by atoms with Gasteiger partial charge in [0.2, 0.25) is 5.91 Å². The lowest BCUT2D eigenvalue weighted by Crippen LogP contribution is -2.29. The Hall–Kier alpha value is -2.95. The quantitative estimate of drug-likeness (QED) is 0.120. The van der Waals surface area contributed by atoms with Crippen LogP contribution in [0.4, 0.5) is 0 Å². The molecule has 0 saturated carbocycles. The molecule has 182 valence electrons. The molecule has 0 saturated heterocycles. The summed E-state index contributed by atoms with van der Waals surface area (Å²) in [5.41, 5.74) is 2.07. The Labute approximate surface area is 205 Å². The molecule has 0 aliphatic heterocycles. The molecule has 2 aromatic carbocycles.